The second-order valence-corrected chi connectivity index (χ2v) is 5.28. The first-order chi connectivity index (χ1) is 10.8. The Morgan fingerprint density at radius 1 is 1.04 bits per heavy atom. The van der Waals surface area contributed by atoms with E-state index in [9.17, 15) is 0 Å². The molecule has 1 aromatic carbocycles. The average Bonchev–Trinajstić information content (AvgIpc) is 2.55. The van der Waals surface area contributed by atoms with Gasteiger partial charge in [0.05, 0.1) is 26.4 Å². The van der Waals surface area contributed by atoms with Gasteiger partial charge in [0.2, 0.25) is 0 Å². The van der Waals surface area contributed by atoms with Crippen LogP contribution in [0.15, 0.2) is 18.2 Å². The van der Waals surface area contributed by atoms with Gasteiger partial charge in [-0.05, 0) is 31.5 Å². The number of halogens is 2. The minimum atomic E-state index is 0. The molecule has 24 heavy (non-hydrogen) atoms. The molecule has 1 aromatic rings. The Bertz CT molecular complexity index is 444. The van der Waals surface area contributed by atoms with E-state index in [1.165, 1.54) is 5.56 Å². The summed E-state index contributed by atoms with van der Waals surface area (Å²) < 4.78 is 16.6. The van der Waals surface area contributed by atoms with E-state index < -0.39 is 0 Å². The number of ether oxygens (including phenoxy) is 3. The van der Waals surface area contributed by atoms with E-state index in [1.807, 2.05) is 19.9 Å². The molecule has 1 heterocycles. The van der Waals surface area contributed by atoms with Gasteiger partial charge in [-0.1, -0.05) is 6.07 Å². The quantitative estimate of drug-likeness (QED) is 0.442. The van der Waals surface area contributed by atoms with Crippen LogP contribution in [-0.4, -0.2) is 57.5 Å². The van der Waals surface area contributed by atoms with Crippen LogP contribution in [0.2, 0.25) is 0 Å². The molecule has 0 aliphatic carbocycles. The third-order valence-electron chi connectivity index (χ3n) is 3.65. The summed E-state index contributed by atoms with van der Waals surface area (Å²) in [4.78, 5) is 2.43. The Morgan fingerprint density at radius 2 is 1.71 bits per heavy atom. The molecule has 1 N–H and O–H groups in total. The van der Waals surface area contributed by atoms with E-state index in [2.05, 4.69) is 22.3 Å². The normalized spacial score (nSPS) is 14.4. The predicted octanol–water partition coefficient (Wildman–Crippen LogP) is -4.09. The smallest absolute Gasteiger partial charge is 0.161 e. The first-order valence-electron chi connectivity index (χ1n) is 8.22. The van der Waals surface area contributed by atoms with E-state index in [0.29, 0.717) is 13.2 Å². The number of nitrogens with one attached hydrogen (secondary N) is 1. The maximum Gasteiger partial charge on any atom is 0.161 e. The lowest BCUT2D eigenvalue weighted by atomic mass is 10.2. The molecule has 1 fully saturated rings. The monoisotopic (exact) mass is 378 g/mol. The minimum absolute atomic E-state index is 0. The highest BCUT2D eigenvalue weighted by Gasteiger charge is 2.09. The molecule has 0 amide bonds. The van der Waals surface area contributed by atoms with E-state index in [-0.39, 0.29) is 24.8 Å². The van der Waals surface area contributed by atoms with Gasteiger partial charge in [-0.25, -0.2) is 0 Å². The minimum Gasteiger partial charge on any atom is -1.00 e. The van der Waals surface area contributed by atoms with Crippen LogP contribution < -0.4 is 39.6 Å². The summed E-state index contributed by atoms with van der Waals surface area (Å²) in [5, 5.41) is 3.49. The SMILES string of the molecule is CCOc1ccc(CNCCN2CCOCC2)cc1OCC.[Cl-].[Cl-]. The zero-order chi connectivity index (χ0) is 15.6. The van der Waals surface area contributed by atoms with Crippen molar-refractivity contribution in [3.05, 3.63) is 23.8 Å². The number of rotatable bonds is 9. The highest BCUT2D eigenvalue weighted by Crippen LogP contribution is 2.28. The van der Waals surface area contributed by atoms with Gasteiger partial charge in [0.15, 0.2) is 11.5 Å². The maximum atomic E-state index is 5.66. The van der Waals surface area contributed by atoms with Crippen molar-refractivity contribution in [1.82, 2.24) is 10.2 Å². The van der Waals surface area contributed by atoms with Crippen molar-refractivity contribution in [2.45, 2.75) is 20.4 Å². The van der Waals surface area contributed by atoms with Crippen LogP contribution in [0.5, 0.6) is 11.5 Å². The van der Waals surface area contributed by atoms with E-state index in [0.717, 1.165) is 57.4 Å². The second-order valence-electron chi connectivity index (χ2n) is 5.28. The van der Waals surface area contributed by atoms with Crippen molar-refractivity contribution in [2.75, 3.05) is 52.6 Å². The molecule has 0 aromatic heterocycles. The van der Waals surface area contributed by atoms with Crippen molar-refractivity contribution < 1.29 is 39.0 Å². The van der Waals surface area contributed by atoms with Gasteiger partial charge in [-0.2, -0.15) is 0 Å². The molecule has 0 unspecified atom stereocenters. The molecule has 0 bridgehead atoms. The molecule has 1 aliphatic heterocycles. The van der Waals surface area contributed by atoms with Crippen molar-refractivity contribution in [3.8, 4) is 11.5 Å². The fraction of sp³-hybridized carbons (Fsp3) is 0.647. The largest absolute Gasteiger partial charge is 1.00 e. The number of hydrogen-bond acceptors (Lipinski definition) is 5. The van der Waals surface area contributed by atoms with Crippen LogP contribution in [-0.2, 0) is 11.3 Å². The molecule has 1 aliphatic rings. The lowest BCUT2D eigenvalue weighted by Gasteiger charge is -2.26. The van der Waals surface area contributed by atoms with E-state index in [4.69, 9.17) is 14.2 Å². The van der Waals surface area contributed by atoms with Gasteiger partial charge in [-0.15, -0.1) is 0 Å². The van der Waals surface area contributed by atoms with Gasteiger partial charge in [0.25, 0.3) is 0 Å². The summed E-state index contributed by atoms with van der Waals surface area (Å²) in [5.41, 5.74) is 1.22. The summed E-state index contributed by atoms with van der Waals surface area (Å²) in [5.74, 6) is 1.65. The molecule has 5 nitrogen and oxygen atoms in total. The first-order valence-corrected chi connectivity index (χ1v) is 8.22. The van der Waals surface area contributed by atoms with Crippen molar-refractivity contribution in [2.24, 2.45) is 0 Å². The van der Waals surface area contributed by atoms with Crippen LogP contribution in [0.25, 0.3) is 0 Å². The van der Waals surface area contributed by atoms with Crippen LogP contribution in [0.4, 0.5) is 0 Å². The highest BCUT2D eigenvalue weighted by molar-refractivity contribution is 5.43. The highest BCUT2D eigenvalue weighted by atomic mass is 35.5. The fourth-order valence-electron chi connectivity index (χ4n) is 2.50. The summed E-state index contributed by atoms with van der Waals surface area (Å²) in [6, 6.07) is 6.15. The van der Waals surface area contributed by atoms with Crippen LogP contribution in [0.1, 0.15) is 19.4 Å². The number of benzene rings is 1. The van der Waals surface area contributed by atoms with Gasteiger partial charge < -0.3 is 44.3 Å². The summed E-state index contributed by atoms with van der Waals surface area (Å²) in [7, 11) is 0. The standard InChI is InChI=1S/C17H28N2O3.2ClH/c1-3-21-16-6-5-15(13-17(16)22-4-2)14-18-7-8-19-9-11-20-12-10-19;;/h5-6,13,18H,3-4,7-12,14H2,1-2H3;2*1H/p-2. The second kappa shape index (κ2) is 13.6. The Labute approximate surface area is 157 Å². The topological polar surface area (TPSA) is 43.0 Å². The molecule has 0 atom stereocenters. The molecular formula is C17H28Cl2N2O3-2. The lowest BCUT2D eigenvalue weighted by Crippen LogP contribution is -3.00. The van der Waals surface area contributed by atoms with E-state index in [1.54, 1.807) is 0 Å². The van der Waals surface area contributed by atoms with Crippen molar-refractivity contribution in [3.63, 3.8) is 0 Å². The Balaban J connectivity index is 0.00000264. The molecule has 0 radical (unpaired) electrons. The summed E-state index contributed by atoms with van der Waals surface area (Å²) in [6.45, 7) is 12.0. The summed E-state index contributed by atoms with van der Waals surface area (Å²) >= 11 is 0. The number of morpholine rings is 1. The Kier molecular flexibility index (Phi) is 13.2. The zero-order valence-electron chi connectivity index (χ0n) is 14.5. The third kappa shape index (κ3) is 7.90. The molecular weight excluding hydrogens is 351 g/mol. The average molecular weight is 379 g/mol. The molecule has 140 valence electrons. The molecule has 7 heteroatoms. The molecule has 0 spiro atoms. The van der Waals surface area contributed by atoms with Crippen LogP contribution in [0, 0.1) is 0 Å². The van der Waals surface area contributed by atoms with Crippen molar-refractivity contribution >= 4 is 0 Å². The van der Waals surface area contributed by atoms with Gasteiger partial charge in [0, 0.05) is 32.7 Å². The summed E-state index contributed by atoms with van der Waals surface area (Å²) in [6.07, 6.45) is 0. The van der Waals surface area contributed by atoms with Crippen LogP contribution in [0.3, 0.4) is 0 Å². The lowest BCUT2D eigenvalue weighted by molar-refractivity contribution is -0.001000. The Hall–Kier alpha value is -0.720. The first kappa shape index (κ1) is 23.3. The predicted molar refractivity (Wildman–Crippen MR) is 87.7 cm³/mol. The number of nitrogens with zero attached hydrogens (tertiary/aromatic N) is 1. The van der Waals surface area contributed by atoms with E-state index >= 15 is 0 Å². The van der Waals surface area contributed by atoms with Crippen LogP contribution >= 0.6 is 0 Å². The fourth-order valence-corrected chi connectivity index (χ4v) is 2.50. The Morgan fingerprint density at radius 3 is 2.38 bits per heavy atom. The third-order valence-corrected chi connectivity index (χ3v) is 3.65. The van der Waals surface area contributed by atoms with Crippen molar-refractivity contribution in [1.29, 1.82) is 0 Å². The van der Waals surface area contributed by atoms with Gasteiger partial charge in [-0.3, -0.25) is 4.90 Å². The zero-order valence-corrected chi connectivity index (χ0v) is 16.0. The molecule has 1 saturated heterocycles. The maximum absolute atomic E-state index is 5.66. The number of hydrogen-bond donors (Lipinski definition) is 1. The van der Waals surface area contributed by atoms with Gasteiger partial charge >= 0.3 is 0 Å². The van der Waals surface area contributed by atoms with Gasteiger partial charge in [0.1, 0.15) is 0 Å². The molecule has 0 saturated carbocycles. The molecule has 2 rings (SSSR count).